The molecule has 7 nitrogen and oxygen atoms in total. The second kappa shape index (κ2) is 5.91. The zero-order chi connectivity index (χ0) is 12.0. The molecule has 0 radical (unpaired) electrons. The van der Waals surface area contributed by atoms with Gasteiger partial charge in [0.15, 0.2) is 4.77 Å². The van der Waals surface area contributed by atoms with Gasteiger partial charge in [0.05, 0.1) is 4.92 Å². The predicted octanol–water partition coefficient (Wildman–Crippen LogP) is 1.46. The Morgan fingerprint density at radius 2 is 1.93 bits per heavy atom. The minimum atomic E-state index is -1.03. The maximum absolute atomic E-state index is 10.8. The molecule has 1 aromatic rings. The molecule has 8 heteroatoms. The molecule has 15 heavy (non-hydrogen) atoms. The average molecular weight is 233 g/mol. The zero-order valence-electron chi connectivity index (χ0n) is 8.23. The molecule has 1 heterocycles. The summed E-state index contributed by atoms with van der Waals surface area (Å²) in [5.74, 6) is -0.839. The summed E-state index contributed by atoms with van der Waals surface area (Å²) in [6.07, 6.45) is 1.25. The Labute approximate surface area is 89.9 Å². The topological polar surface area (TPSA) is 112 Å². The van der Waals surface area contributed by atoms with E-state index in [1.165, 1.54) is 6.42 Å². The smallest absolute Gasteiger partial charge is 0.393 e. The average Bonchev–Trinajstić information content (AvgIpc) is 2.01. The van der Waals surface area contributed by atoms with E-state index in [0.29, 0.717) is 0 Å². The van der Waals surface area contributed by atoms with Gasteiger partial charge in [-0.15, -0.1) is 0 Å². The number of aromatic nitrogens is 2. The van der Waals surface area contributed by atoms with E-state index in [-0.39, 0.29) is 4.77 Å². The third-order valence-electron chi connectivity index (χ3n) is 1.08. The molecule has 0 saturated carbocycles. The van der Waals surface area contributed by atoms with Gasteiger partial charge in [-0.1, -0.05) is 20.3 Å². The van der Waals surface area contributed by atoms with Gasteiger partial charge in [0.1, 0.15) is 0 Å². The van der Waals surface area contributed by atoms with Gasteiger partial charge in [0.2, 0.25) is 0 Å². The van der Waals surface area contributed by atoms with Crippen molar-refractivity contribution in [1.82, 2.24) is 9.97 Å². The van der Waals surface area contributed by atoms with Crippen LogP contribution in [0.1, 0.15) is 20.3 Å². The molecule has 0 atom stereocenters. The van der Waals surface area contributed by atoms with E-state index >= 15 is 0 Å². The summed E-state index contributed by atoms with van der Waals surface area (Å²) < 4.78 is -0.164. The van der Waals surface area contributed by atoms with Crippen molar-refractivity contribution in [2.45, 2.75) is 20.3 Å². The van der Waals surface area contributed by atoms with Crippen LogP contribution in [0.25, 0.3) is 0 Å². The number of H-pyrrole nitrogens is 2. The summed E-state index contributed by atoms with van der Waals surface area (Å²) in [7, 11) is 0. The van der Waals surface area contributed by atoms with Crippen molar-refractivity contribution in [3.63, 3.8) is 0 Å². The first-order valence-corrected chi connectivity index (χ1v) is 4.54. The van der Waals surface area contributed by atoms with Crippen LogP contribution in [0.4, 0.5) is 5.69 Å². The molecule has 0 unspecified atom stereocenters. The van der Waals surface area contributed by atoms with Crippen LogP contribution in [-0.4, -0.2) is 20.0 Å². The normalized spacial score (nSPS) is 8.93. The molecular formula is C7H11N3O4S. The summed E-state index contributed by atoms with van der Waals surface area (Å²) in [5.41, 5.74) is -1.97. The van der Waals surface area contributed by atoms with Gasteiger partial charge in [-0.2, -0.15) is 0 Å². The van der Waals surface area contributed by atoms with Crippen LogP contribution in [0.3, 0.4) is 0 Å². The standard InChI is InChI=1S/C4H3N3O4S.C3H8/c8-2-1(7(10)11)3(9)6-4(12)5-2;1-3-2/h(H3,5,6,8,9,12);3H2,1-2H3. The Hall–Kier alpha value is -1.70. The lowest BCUT2D eigenvalue weighted by Gasteiger charge is -1.92. The van der Waals surface area contributed by atoms with Gasteiger partial charge >= 0.3 is 11.2 Å². The fraction of sp³-hybridized carbons (Fsp3) is 0.429. The molecule has 3 N–H and O–H groups in total. The zero-order valence-corrected chi connectivity index (χ0v) is 9.05. The van der Waals surface area contributed by atoms with E-state index in [4.69, 9.17) is 5.11 Å². The Kier molecular flexibility index (Phi) is 5.24. The molecular weight excluding hydrogens is 222 g/mol. The highest BCUT2D eigenvalue weighted by molar-refractivity contribution is 7.71. The lowest BCUT2D eigenvalue weighted by atomic mass is 10.5. The monoisotopic (exact) mass is 233 g/mol. The van der Waals surface area contributed by atoms with Gasteiger partial charge in [-0.25, -0.2) is 0 Å². The van der Waals surface area contributed by atoms with E-state index in [1.807, 2.05) is 9.97 Å². The maximum atomic E-state index is 10.8. The number of hydrogen-bond acceptors (Lipinski definition) is 5. The van der Waals surface area contributed by atoms with Gasteiger partial charge < -0.3 is 5.11 Å². The van der Waals surface area contributed by atoms with E-state index < -0.39 is 22.0 Å². The number of nitrogens with one attached hydrogen (secondary N) is 2. The van der Waals surface area contributed by atoms with E-state index in [9.17, 15) is 14.9 Å². The predicted molar refractivity (Wildman–Crippen MR) is 56.5 cm³/mol. The quantitative estimate of drug-likeness (QED) is 0.386. The van der Waals surface area contributed by atoms with E-state index in [1.54, 1.807) is 0 Å². The van der Waals surface area contributed by atoms with Gasteiger partial charge in [0, 0.05) is 0 Å². The highest BCUT2D eigenvalue weighted by atomic mass is 32.1. The second-order valence-electron chi connectivity index (χ2n) is 2.57. The van der Waals surface area contributed by atoms with Crippen LogP contribution < -0.4 is 5.56 Å². The second-order valence-corrected chi connectivity index (χ2v) is 2.98. The molecule has 0 amide bonds. The summed E-state index contributed by atoms with van der Waals surface area (Å²) in [6.45, 7) is 4.25. The molecule has 0 bridgehead atoms. The van der Waals surface area contributed by atoms with Crippen LogP contribution in [0, 0.1) is 14.9 Å². The highest BCUT2D eigenvalue weighted by Crippen LogP contribution is 2.14. The molecule has 1 aromatic heterocycles. The summed E-state index contributed by atoms with van der Waals surface area (Å²) in [5, 5.41) is 19.0. The molecule has 0 aromatic carbocycles. The van der Waals surface area contributed by atoms with Gasteiger partial charge in [-0.3, -0.25) is 24.9 Å². The Bertz CT molecular complexity index is 450. The van der Waals surface area contributed by atoms with Crippen LogP contribution in [-0.2, 0) is 0 Å². The van der Waals surface area contributed by atoms with Crippen LogP contribution in [0.5, 0.6) is 5.88 Å². The Balaban J connectivity index is 0.000000583. The largest absolute Gasteiger partial charge is 0.490 e. The fourth-order valence-electron chi connectivity index (χ4n) is 0.637. The highest BCUT2D eigenvalue weighted by Gasteiger charge is 2.18. The van der Waals surface area contributed by atoms with Crippen LogP contribution >= 0.6 is 12.2 Å². The lowest BCUT2D eigenvalue weighted by Crippen LogP contribution is -2.12. The fourth-order valence-corrected chi connectivity index (χ4v) is 0.827. The number of hydrogen-bond donors (Lipinski definition) is 3. The number of rotatable bonds is 1. The van der Waals surface area contributed by atoms with Crippen LogP contribution in [0.15, 0.2) is 4.79 Å². The maximum Gasteiger partial charge on any atom is 0.393 e. The van der Waals surface area contributed by atoms with E-state index in [2.05, 4.69) is 26.1 Å². The first-order chi connectivity index (χ1) is 6.93. The minimum Gasteiger partial charge on any atom is -0.490 e. The number of nitro groups is 1. The Morgan fingerprint density at radius 1 is 1.47 bits per heavy atom. The molecule has 0 aliphatic heterocycles. The third-order valence-corrected chi connectivity index (χ3v) is 1.29. The third kappa shape index (κ3) is 3.90. The van der Waals surface area contributed by atoms with Crippen molar-refractivity contribution in [3.8, 4) is 5.88 Å². The van der Waals surface area contributed by atoms with E-state index in [0.717, 1.165) is 0 Å². The number of nitrogens with zero attached hydrogens (tertiary/aromatic N) is 1. The summed E-state index contributed by atoms with van der Waals surface area (Å²) >= 11 is 4.44. The summed E-state index contributed by atoms with van der Waals surface area (Å²) in [6, 6.07) is 0. The first kappa shape index (κ1) is 13.3. The SMILES string of the molecule is CCC.O=c1[nH]c(=S)[nH]c(O)c1[N+](=O)[O-]. The number of aromatic amines is 2. The molecule has 0 spiro atoms. The van der Waals surface area contributed by atoms with Crippen molar-refractivity contribution < 1.29 is 10.0 Å². The molecule has 0 aliphatic carbocycles. The van der Waals surface area contributed by atoms with Crippen molar-refractivity contribution in [2.75, 3.05) is 0 Å². The Morgan fingerprint density at radius 3 is 2.27 bits per heavy atom. The van der Waals surface area contributed by atoms with Crippen molar-refractivity contribution in [3.05, 3.63) is 25.2 Å². The summed E-state index contributed by atoms with van der Waals surface area (Å²) in [4.78, 5) is 23.9. The van der Waals surface area contributed by atoms with Crippen molar-refractivity contribution in [1.29, 1.82) is 0 Å². The minimum absolute atomic E-state index is 0.164. The number of aromatic hydroxyl groups is 1. The van der Waals surface area contributed by atoms with Gasteiger partial charge in [-0.05, 0) is 12.2 Å². The van der Waals surface area contributed by atoms with Crippen molar-refractivity contribution in [2.24, 2.45) is 0 Å². The molecule has 84 valence electrons. The molecule has 0 aliphatic rings. The molecule has 0 saturated heterocycles. The van der Waals surface area contributed by atoms with Crippen LogP contribution in [0.2, 0.25) is 0 Å². The molecule has 0 fully saturated rings. The first-order valence-electron chi connectivity index (χ1n) is 4.13. The molecule has 1 rings (SSSR count). The lowest BCUT2D eigenvalue weighted by molar-refractivity contribution is -0.387. The van der Waals surface area contributed by atoms with Crippen molar-refractivity contribution >= 4 is 17.9 Å². The van der Waals surface area contributed by atoms with Gasteiger partial charge in [0.25, 0.3) is 5.88 Å².